The van der Waals surface area contributed by atoms with Crippen LogP contribution >= 0.6 is 0 Å². The molecule has 0 spiro atoms. The highest BCUT2D eigenvalue weighted by molar-refractivity contribution is 5.47. The van der Waals surface area contributed by atoms with Gasteiger partial charge in [-0.2, -0.15) is 0 Å². The Morgan fingerprint density at radius 3 is 2.31 bits per heavy atom. The number of rotatable bonds is 1. The smallest absolute Gasteiger partial charge is 0.0317 e. The normalized spacial score (nSPS) is 11.7. The van der Waals surface area contributed by atoms with Gasteiger partial charge in [0.25, 0.3) is 0 Å². The van der Waals surface area contributed by atoms with Crippen molar-refractivity contribution in [2.75, 3.05) is 5.73 Å². The van der Waals surface area contributed by atoms with Crippen LogP contribution in [0.4, 0.5) is 5.69 Å². The summed E-state index contributed by atoms with van der Waals surface area (Å²) in [5, 5.41) is 0. The second kappa shape index (κ2) is 3.41. The lowest BCUT2D eigenvalue weighted by atomic mass is 9.83. The fourth-order valence-corrected chi connectivity index (χ4v) is 1.60. The van der Waals surface area contributed by atoms with E-state index in [0.717, 1.165) is 12.1 Å². The molecule has 0 atom stereocenters. The van der Waals surface area contributed by atoms with Gasteiger partial charge in [0.2, 0.25) is 0 Å². The van der Waals surface area contributed by atoms with Crippen LogP contribution in [0.3, 0.4) is 0 Å². The standard InChI is InChI=1S/C12H19N/c1-5-9-6-7-10(13)8-11(9)12(2,3)4/h6-8H,5,13H2,1-4H3. The first-order valence-electron chi connectivity index (χ1n) is 4.84. The molecule has 1 rings (SSSR count). The largest absolute Gasteiger partial charge is 0.399 e. The van der Waals surface area contributed by atoms with Gasteiger partial charge in [-0.05, 0) is 35.1 Å². The fraction of sp³-hybridized carbons (Fsp3) is 0.500. The summed E-state index contributed by atoms with van der Waals surface area (Å²) in [7, 11) is 0. The highest BCUT2D eigenvalue weighted by atomic mass is 14.5. The maximum atomic E-state index is 5.78. The highest BCUT2D eigenvalue weighted by Gasteiger charge is 2.16. The molecule has 0 aliphatic heterocycles. The van der Waals surface area contributed by atoms with E-state index < -0.39 is 0 Å². The van der Waals surface area contributed by atoms with Crippen molar-refractivity contribution in [2.24, 2.45) is 0 Å². The van der Waals surface area contributed by atoms with E-state index in [0.29, 0.717) is 0 Å². The van der Waals surface area contributed by atoms with E-state index >= 15 is 0 Å². The van der Waals surface area contributed by atoms with Crippen molar-refractivity contribution in [3.63, 3.8) is 0 Å². The van der Waals surface area contributed by atoms with Gasteiger partial charge in [-0.1, -0.05) is 33.8 Å². The van der Waals surface area contributed by atoms with E-state index in [1.165, 1.54) is 11.1 Å². The number of aryl methyl sites for hydroxylation is 1. The number of hydrogen-bond acceptors (Lipinski definition) is 1. The molecule has 72 valence electrons. The zero-order chi connectivity index (χ0) is 10.1. The van der Waals surface area contributed by atoms with E-state index in [-0.39, 0.29) is 5.41 Å². The third-order valence-electron chi connectivity index (χ3n) is 2.32. The molecule has 1 aromatic rings. The molecule has 0 bridgehead atoms. The Morgan fingerprint density at radius 1 is 1.23 bits per heavy atom. The molecule has 1 aromatic carbocycles. The monoisotopic (exact) mass is 177 g/mol. The first-order chi connectivity index (χ1) is 5.95. The molecular weight excluding hydrogens is 158 g/mol. The van der Waals surface area contributed by atoms with Gasteiger partial charge in [-0.25, -0.2) is 0 Å². The molecule has 0 aromatic heterocycles. The van der Waals surface area contributed by atoms with Crippen molar-refractivity contribution in [3.05, 3.63) is 29.3 Å². The summed E-state index contributed by atoms with van der Waals surface area (Å²) in [6.45, 7) is 8.85. The van der Waals surface area contributed by atoms with E-state index in [1.807, 2.05) is 6.07 Å². The average molecular weight is 177 g/mol. The van der Waals surface area contributed by atoms with Crippen molar-refractivity contribution in [2.45, 2.75) is 39.5 Å². The Kier molecular flexibility index (Phi) is 2.65. The Labute approximate surface area is 81.0 Å². The predicted molar refractivity (Wildman–Crippen MR) is 58.9 cm³/mol. The van der Waals surface area contributed by atoms with Gasteiger partial charge >= 0.3 is 0 Å². The Bertz CT molecular complexity index is 294. The Morgan fingerprint density at radius 2 is 1.85 bits per heavy atom. The molecule has 0 saturated carbocycles. The summed E-state index contributed by atoms with van der Waals surface area (Å²) in [5.41, 5.74) is 9.61. The van der Waals surface area contributed by atoms with E-state index in [4.69, 9.17) is 5.73 Å². The third kappa shape index (κ3) is 2.24. The summed E-state index contributed by atoms with van der Waals surface area (Å²) >= 11 is 0. The van der Waals surface area contributed by atoms with Gasteiger partial charge in [0.1, 0.15) is 0 Å². The van der Waals surface area contributed by atoms with Gasteiger partial charge in [0.05, 0.1) is 0 Å². The average Bonchev–Trinajstić information content (AvgIpc) is 2.03. The van der Waals surface area contributed by atoms with Gasteiger partial charge in [0, 0.05) is 5.69 Å². The van der Waals surface area contributed by atoms with Crippen LogP contribution in [0.1, 0.15) is 38.8 Å². The van der Waals surface area contributed by atoms with Crippen molar-refractivity contribution >= 4 is 5.69 Å². The molecule has 0 fully saturated rings. The van der Waals surface area contributed by atoms with Crippen molar-refractivity contribution in [1.82, 2.24) is 0 Å². The lowest BCUT2D eigenvalue weighted by Gasteiger charge is -2.22. The number of nitrogen functional groups attached to an aromatic ring is 1. The van der Waals surface area contributed by atoms with Gasteiger partial charge in [-0.15, -0.1) is 0 Å². The molecule has 0 amide bonds. The zero-order valence-electron chi connectivity index (χ0n) is 9.02. The summed E-state index contributed by atoms with van der Waals surface area (Å²) in [4.78, 5) is 0. The van der Waals surface area contributed by atoms with Crippen LogP contribution in [0.25, 0.3) is 0 Å². The molecule has 0 saturated heterocycles. The SMILES string of the molecule is CCc1ccc(N)cc1C(C)(C)C. The number of hydrogen-bond donors (Lipinski definition) is 1. The molecule has 0 aliphatic rings. The van der Waals surface area contributed by atoms with Gasteiger partial charge < -0.3 is 5.73 Å². The molecule has 0 unspecified atom stereocenters. The van der Waals surface area contributed by atoms with Crippen LogP contribution in [0.2, 0.25) is 0 Å². The van der Waals surface area contributed by atoms with E-state index in [2.05, 4.69) is 39.8 Å². The van der Waals surface area contributed by atoms with E-state index in [1.54, 1.807) is 0 Å². The lowest BCUT2D eigenvalue weighted by molar-refractivity contribution is 0.583. The molecule has 2 N–H and O–H groups in total. The molecule has 13 heavy (non-hydrogen) atoms. The summed E-state index contributed by atoms with van der Waals surface area (Å²) < 4.78 is 0. The third-order valence-corrected chi connectivity index (χ3v) is 2.32. The maximum absolute atomic E-state index is 5.78. The first kappa shape index (κ1) is 10.1. The summed E-state index contributed by atoms with van der Waals surface area (Å²) in [6.07, 6.45) is 1.08. The first-order valence-corrected chi connectivity index (χ1v) is 4.84. The van der Waals surface area contributed by atoms with Crippen LogP contribution < -0.4 is 5.73 Å². The van der Waals surface area contributed by atoms with Crippen LogP contribution in [0, 0.1) is 0 Å². The fourth-order valence-electron chi connectivity index (χ4n) is 1.60. The van der Waals surface area contributed by atoms with Crippen LogP contribution in [-0.4, -0.2) is 0 Å². The van der Waals surface area contributed by atoms with Crippen molar-refractivity contribution < 1.29 is 0 Å². The number of benzene rings is 1. The number of anilines is 1. The van der Waals surface area contributed by atoms with Crippen LogP contribution in [0.5, 0.6) is 0 Å². The lowest BCUT2D eigenvalue weighted by Crippen LogP contribution is -2.14. The van der Waals surface area contributed by atoms with Gasteiger partial charge in [0.15, 0.2) is 0 Å². The minimum atomic E-state index is 0.195. The highest BCUT2D eigenvalue weighted by Crippen LogP contribution is 2.27. The summed E-state index contributed by atoms with van der Waals surface area (Å²) in [6, 6.07) is 6.21. The second-order valence-electron chi connectivity index (χ2n) is 4.52. The molecule has 0 heterocycles. The quantitative estimate of drug-likeness (QED) is 0.655. The molecule has 0 aliphatic carbocycles. The van der Waals surface area contributed by atoms with Gasteiger partial charge in [-0.3, -0.25) is 0 Å². The Balaban J connectivity index is 3.24. The minimum absolute atomic E-state index is 0.195. The van der Waals surface area contributed by atoms with Crippen molar-refractivity contribution in [1.29, 1.82) is 0 Å². The Hall–Kier alpha value is -0.980. The van der Waals surface area contributed by atoms with Crippen LogP contribution in [-0.2, 0) is 11.8 Å². The zero-order valence-corrected chi connectivity index (χ0v) is 9.02. The van der Waals surface area contributed by atoms with Crippen molar-refractivity contribution in [3.8, 4) is 0 Å². The van der Waals surface area contributed by atoms with E-state index in [9.17, 15) is 0 Å². The molecular formula is C12H19N. The molecule has 1 nitrogen and oxygen atoms in total. The summed E-state index contributed by atoms with van der Waals surface area (Å²) in [5.74, 6) is 0. The topological polar surface area (TPSA) is 26.0 Å². The predicted octanol–water partition coefficient (Wildman–Crippen LogP) is 3.13. The molecule has 1 heteroatoms. The number of nitrogens with two attached hydrogens (primary N) is 1. The molecule has 0 radical (unpaired) electrons. The van der Waals surface area contributed by atoms with Crippen LogP contribution in [0.15, 0.2) is 18.2 Å². The second-order valence-corrected chi connectivity index (χ2v) is 4.52. The maximum Gasteiger partial charge on any atom is 0.0317 e. The minimum Gasteiger partial charge on any atom is -0.399 e.